The van der Waals surface area contributed by atoms with Crippen molar-refractivity contribution >= 4 is 29.0 Å². The van der Waals surface area contributed by atoms with E-state index in [2.05, 4.69) is 15.6 Å². The minimum absolute atomic E-state index is 0.221. The van der Waals surface area contributed by atoms with E-state index in [-0.39, 0.29) is 5.91 Å². The van der Waals surface area contributed by atoms with E-state index < -0.39 is 0 Å². The van der Waals surface area contributed by atoms with Gasteiger partial charge in [-0.15, -0.1) is 0 Å². The molecule has 0 saturated heterocycles. The number of halogens is 1. The minimum atomic E-state index is -0.221. The van der Waals surface area contributed by atoms with Crippen LogP contribution in [0.4, 0.5) is 11.5 Å². The first-order chi connectivity index (χ1) is 12.6. The van der Waals surface area contributed by atoms with Gasteiger partial charge in [0.05, 0.1) is 12.7 Å². The number of hydrogen-bond acceptors (Lipinski definition) is 4. The topological polar surface area (TPSA) is 63.2 Å². The van der Waals surface area contributed by atoms with Crippen molar-refractivity contribution in [3.8, 4) is 5.75 Å². The Balaban J connectivity index is 1.56. The molecular formula is C20H18ClN3O2. The molecule has 2 aromatic carbocycles. The van der Waals surface area contributed by atoms with E-state index in [0.717, 1.165) is 11.3 Å². The Labute approximate surface area is 157 Å². The van der Waals surface area contributed by atoms with Gasteiger partial charge in [-0.25, -0.2) is 4.98 Å². The molecule has 2 N–H and O–H groups in total. The number of hydrogen-bond donors (Lipinski definition) is 2. The van der Waals surface area contributed by atoms with Crippen molar-refractivity contribution in [2.75, 3.05) is 17.7 Å². The molecule has 0 aliphatic carbocycles. The molecule has 0 aliphatic heterocycles. The van der Waals surface area contributed by atoms with Crippen molar-refractivity contribution in [1.82, 2.24) is 4.98 Å². The molecular weight excluding hydrogens is 350 g/mol. The van der Waals surface area contributed by atoms with Crippen LogP contribution in [0.5, 0.6) is 5.75 Å². The zero-order valence-corrected chi connectivity index (χ0v) is 15.0. The molecule has 26 heavy (non-hydrogen) atoms. The molecule has 0 atom stereocenters. The van der Waals surface area contributed by atoms with E-state index in [9.17, 15) is 4.79 Å². The van der Waals surface area contributed by atoms with Crippen LogP contribution in [0, 0.1) is 0 Å². The molecule has 1 amide bonds. The Morgan fingerprint density at radius 1 is 1.04 bits per heavy atom. The van der Waals surface area contributed by atoms with Crippen LogP contribution in [-0.2, 0) is 6.54 Å². The summed E-state index contributed by atoms with van der Waals surface area (Å²) in [4.78, 5) is 16.5. The van der Waals surface area contributed by atoms with Crippen LogP contribution in [0.15, 0.2) is 66.9 Å². The highest BCUT2D eigenvalue weighted by atomic mass is 35.5. The fraction of sp³-hybridized carbons (Fsp3) is 0.100. The van der Waals surface area contributed by atoms with Crippen LogP contribution in [0.1, 0.15) is 15.9 Å². The summed E-state index contributed by atoms with van der Waals surface area (Å²) in [5, 5.41) is 6.65. The molecule has 5 nitrogen and oxygen atoms in total. The molecule has 3 rings (SSSR count). The summed E-state index contributed by atoms with van der Waals surface area (Å²) in [6.07, 6.45) is 1.54. The first-order valence-electron chi connectivity index (χ1n) is 8.04. The summed E-state index contributed by atoms with van der Waals surface area (Å²) in [7, 11) is 1.64. The second-order valence-electron chi connectivity index (χ2n) is 5.59. The number of ether oxygens (including phenoxy) is 1. The standard InChI is InChI=1S/C20H18ClN3O2/c1-26-18-9-2-14(3-10-18)12-22-19-11-4-15(13-23-19)20(25)24-17-7-5-16(21)6-8-17/h2-11,13H,12H2,1H3,(H,22,23)(H,24,25). The number of rotatable bonds is 6. The predicted molar refractivity (Wildman–Crippen MR) is 104 cm³/mol. The van der Waals surface area contributed by atoms with Gasteiger partial charge in [0.15, 0.2) is 0 Å². The molecule has 0 bridgehead atoms. The number of aromatic nitrogens is 1. The molecule has 0 fully saturated rings. The summed E-state index contributed by atoms with van der Waals surface area (Å²) < 4.78 is 5.14. The Bertz CT molecular complexity index is 863. The van der Waals surface area contributed by atoms with E-state index in [1.807, 2.05) is 24.3 Å². The Morgan fingerprint density at radius 3 is 2.38 bits per heavy atom. The van der Waals surface area contributed by atoms with Crippen molar-refractivity contribution in [1.29, 1.82) is 0 Å². The van der Waals surface area contributed by atoms with Crippen molar-refractivity contribution in [3.63, 3.8) is 0 Å². The molecule has 132 valence electrons. The Hall–Kier alpha value is -3.05. The molecule has 0 radical (unpaired) electrons. The highest BCUT2D eigenvalue weighted by Gasteiger charge is 2.07. The number of pyridine rings is 1. The molecule has 1 heterocycles. The maximum absolute atomic E-state index is 12.2. The quantitative estimate of drug-likeness (QED) is 0.668. The van der Waals surface area contributed by atoms with Crippen molar-refractivity contribution in [3.05, 3.63) is 83.0 Å². The number of nitrogens with zero attached hydrogens (tertiary/aromatic N) is 1. The summed E-state index contributed by atoms with van der Waals surface area (Å²) >= 11 is 5.84. The van der Waals surface area contributed by atoms with Gasteiger partial charge in [0, 0.05) is 23.5 Å². The van der Waals surface area contributed by atoms with Gasteiger partial charge >= 0.3 is 0 Å². The molecule has 1 aromatic heterocycles. The van der Waals surface area contributed by atoms with Gasteiger partial charge in [0.2, 0.25) is 0 Å². The average molecular weight is 368 g/mol. The third kappa shape index (κ3) is 4.74. The molecule has 6 heteroatoms. The average Bonchev–Trinajstić information content (AvgIpc) is 2.69. The van der Waals surface area contributed by atoms with E-state index in [1.54, 1.807) is 49.7 Å². The number of nitrogens with one attached hydrogen (secondary N) is 2. The van der Waals surface area contributed by atoms with E-state index >= 15 is 0 Å². The lowest BCUT2D eigenvalue weighted by atomic mass is 10.2. The van der Waals surface area contributed by atoms with Gasteiger partial charge in [-0.1, -0.05) is 23.7 Å². The fourth-order valence-corrected chi connectivity index (χ4v) is 2.43. The predicted octanol–water partition coefficient (Wildman–Crippen LogP) is 4.61. The smallest absolute Gasteiger partial charge is 0.257 e. The SMILES string of the molecule is COc1ccc(CNc2ccc(C(=O)Nc3ccc(Cl)cc3)cn2)cc1. The molecule has 0 aliphatic rings. The van der Waals surface area contributed by atoms with E-state index in [4.69, 9.17) is 16.3 Å². The van der Waals surface area contributed by atoms with Gasteiger partial charge in [-0.2, -0.15) is 0 Å². The first-order valence-corrected chi connectivity index (χ1v) is 8.41. The summed E-state index contributed by atoms with van der Waals surface area (Å²) in [5.41, 5.74) is 2.27. The Morgan fingerprint density at radius 2 is 1.77 bits per heavy atom. The summed E-state index contributed by atoms with van der Waals surface area (Å²) in [6.45, 7) is 0.632. The number of benzene rings is 2. The lowest BCUT2D eigenvalue weighted by Crippen LogP contribution is -2.12. The Kier molecular flexibility index (Phi) is 5.71. The number of carbonyl (C=O) groups excluding carboxylic acids is 1. The maximum atomic E-state index is 12.2. The molecule has 3 aromatic rings. The first kappa shape index (κ1) is 17.8. The maximum Gasteiger partial charge on any atom is 0.257 e. The zero-order chi connectivity index (χ0) is 18.4. The van der Waals surface area contributed by atoms with Crippen LogP contribution < -0.4 is 15.4 Å². The lowest BCUT2D eigenvalue weighted by Gasteiger charge is -2.08. The largest absolute Gasteiger partial charge is 0.497 e. The van der Waals surface area contributed by atoms with Crippen molar-refractivity contribution in [2.24, 2.45) is 0 Å². The van der Waals surface area contributed by atoms with Crippen LogP contribution in [-0.4, -0.2) is 18.0 Å². The van der Waals surface area contributed by atoms with Crippen LogP contribution in [0.25, 0.3) is 0 Å². The summed E-state index contributed by atoms with van der Waals surface area (Å²) in [6, 6.07) is 18.2. The fourth-order valence-electron chi connectivity index (χ4n) is 2.31. The molecule has 0 saturated carbocycles. The number of amides is 1. The normalized spacial score (nSPS) is 10.2. The second-order valence-corrected chi connectivity index (χ2v) is 6.03. The highest BCUT2D eigenvalue weighted by molar-refractivity contribution is 6.30. The highest BCUT2D eigenvalue weighted by Crippen LogP contribution is 2.16. The third-order valence-electron chi connectivity index (χ3n) is 3.76. The number of carbonyl (C=O) groups is 1. The van der Waals surface area contributed by atoms with Crippen LogP contribution in [0.2, 0.25) is 5.02 Å². The van der Waals surface area contributed by atoms with Gasteiger partial charge in [-0.3, -0.25) is 4.79 Å². The lowest BCUT2D eigenvalue weighted by molar-refractivity contribution is 0.102. The van der Waals surface area contributed by atoms with E-state index in [1.165, 1.54) is 0 Å². The van der Waals surface area contributed by atoms with E-state index in [0.29, 0.717) is 28.6 Å². The zero-order valence-electron chi connectivity index (χ0n) is 14.2. The second kappa shape index (κ2) is 8.36. The monoisotopic (exact) mass is 367 g/mol. The molecule has 0 spiro atoms. The van der Waals surface area contributed by atoms with Crippen molar-refractivity contribution < 1.29 is 9.53 Å². The van der Waals surface area contributed by atoms with Gasteiger partial charge in [0.1, 0.15) is 11.6 Å². The van der Waals surface area contributed by atoms with Crippen LogP contribution >= 0.6 is 11.6 Å². The minimum Gasteiger partial charge on any atom is -0.497 e. The third-order valence-corrected chi connectivity index (χ3v) is 4.01. The van der Waals surface area contributed by atoms with Gasteiger partial charge < -0.3 is 15.4 Å². The van der Waals surface area contributed by atoms with Crippen molar-refractivity contribution in [2.45, 2.75) is 6.54 Å². The number of methoxy groups -OCH3 is 1. The van der Waals surface area contributed by atoms with Gasteiger partial charge in [0.25, 0.3) is 5.91 Å². The number of anilines is 2. The summed E-state index contributed by atoms with van der Waals surface area (Å²) in [5.74, 6) is 1.30. The van der Waals surface area contributed by atoms with Crippen LogP contribution in [0.3, 0.4) is 0 Å². The molecule has 0 unspecified atom stereocenters. The van der Waals surface area contributed by atoms with Gasteiger partial charge in [-0.05, 0) is 54.1 Å².